The second-order valence-corrected chi connectivity index (χ2v) is 3.31. The molecule has 0 aliphatic rings. The summed E-state index contributed by atoms with van der Waals surface area (Å²) >= 11 is 2.86. The molecule has 0 aromatic heterocycles. The summed E-state index contributed by atoms with van der Waals surface area (Å²) in [6.45, 7) is 0. The third kappa shape index (κ3) is 1.85. The van der Waals surface area contributed by atoms with Gasteiger partial charge >= 0.3 is 0 Å². The first kappa shape index (κ1) is 10.9. The third-order valence-electron chi connectivity index (χ3n) is 1.67. The van der Waals surface area contributed by atoms with Crippen molar-refractivity contribution in [1.82, 2.24) is 0 Å². The van der Waals surface area contributed by atoms with E-state index in [9.17, 15) is 8.78 Å². The van der Waals surface area contributed by atoms with Crippen LogP contribution in [0, 0.1) is 23.0 Å². The fourth-order valence-electron chi connectivity index (χ4n) is 1.06. The SMILES string of the molecule is COc1c(CC#N)cc(F)c(F)c1Br. The highest BCUT2D eigenvalue weighted by molar-refractivity contribution is 9.10. The molecule has 2 nitrogen and oxygen atoms in total. The number of benzene rings is 1. The van der Waals surface area contributed by atoms with Gasteiger partial charge in [0.1, 0.15) is 5.75 Å². The summed E-state index contributed by atoms with van der Waals surface area (Å²) in [7, 11) is 1.33. The second kappa shape index (κ2) is 4.38. The summed E-state index contributed by atoms with van der Waals surface area (Å²) in [6, 6.07) is 2.80. The van der Waals surface area contributed by atoms with E-state index in [1.807, 2.05) is 6.07 Å². The van der Waals surface area contributed by atoms with E-state index in [0.717, 1.165) is 6.07 Å². The topological polar surface area (TPSA) is 33.0 Å². The number of halogens is 3. The monoisotopic (exact) mass is 261 g/mol. The third-order valence-corrected chi connectivity index (χ3v) is 2.38. The van der Waals surface area contributed by atoms with Gasteiger partial charge in [0.05, 0.1) is 24.1 Å². The average Bonchev–Trinajstić information content (AvgIpc) is 2.16. The Morgan fingerprint density at radius 2 is 2.21 bits per heavy atom. The Labute approximate surface area is 88.2 Å². The van der Waals surface area contributed by atoms with Crippen molar-refractivity contribution < 1.29 is 13.5 Å². The number of hydrogen-bond acceptors (Lipinski definition) is 2. The van der Waals surface area contributed by atoms with E-state index in [1.54, 1.807) is 0 Å². The van der Waals surface area contributed by atoms with Crippen LogP contribution in [0.4, 0.5) is 8.78 Å². The van der Waals surface area contributed by atoms with Crippen LogP contribution in [0.15, 0.2) is 10.5 Å². The lowest BCUT2D eigenvalue weighted by Gasteiger charge is -2.09. The first-order valence-electron chi connectivity index (χ1n) is 3.69. The van der Waals surface area contributed by atoms with Crippen LogP contribution >= 0.6 is 15.9 Å². The summed E-state index contributed by atoms with van der Waals surface area (Å²) < 4.78 is 30.7. The molecule has 1 aromatic rings. The van der Waals surface area contributed by atoms with Gasteiger partial charge in [-0.1, -0.05) is 0 Å². The molecule has 0 unspecified atom stereocenters. The molecule has 14 heavy (non-hydrogen) atoms. The highest BCUT2D eigenvalue weighted by Crippen LogP contribution is 2.33. The van der Waals surface area contributed by atoms with Crippen LogP contribution in [0.25, 0.3) is 0 Å². The van der Waals surface area contributed by atoms with E-state index in [2.05, 4.69) is 15.9 Å². The summed E-state index contributed by atoms with van der Waals surface area (Å²) in [4.78, 5) is 0. The van der Waals surface area contributed by atoms with Crippen molar-refractivity contribution in [2.45, 2.75) is 6.42 Å². The van der Waals surface area contributed by atoms with E-state index in [4.69, 9.17) is 10.00 Å². The molecule has 0 atom stereocenters. The lowest BCUT2D eigenvalue weighted by molar-refractivity contribution is 0.397. The average molecular weight is 262 g/mol. The first-order chi connectivity index (χ1) is 6.61. The molecular formula is C9H6BrF2NO. The molecule has 0 N–H and O–H groups in total. The predicted molar refractivity (Wildman–Crippen MR) is 49.9 cm³/mol. The molecule has 1 rings (SSSR count). The van der Waals surface area contributed by atoms with E-state index in [-0.39, 0.29) is 16.6 Å². The van der Waals surface area contributed by atoms with Crippen molar-refractivity contribution >= 4 is 15.9 Å². The van der Waals surface area contributed by atoms with Crippen LogP contribution in [-0.2, 0) is 6.42 Å². The largest absolute Gasteiger partial charge is 0.495 e. The van der Waals surface area contributed by atoms with Gasteiger partial charge in [0.25, 0.3) is 0 Å². The number of nitriles is 1. The van der Waals surface area contributed by atoms with Crippen LogP contribution in [0.3, 0.4) is 0 Å². The van der Waals surface area contributed by atoms with Gasteiger partial charge in [0, 0.05) is 5.56 Å². The summed E-state index contributed by atoms with van der Waals surface area (Å²) in [6.07, 6.45) is -0.0288. The lowest BCUT2D eigenvalue weighted by atomic mass is 10.1. The van der Waals surface area contributed by atoms with Gasteiger partial charge in [-0.25, -0.2) is 8.78 Å². The highest BCUT2D eigenvalue weighted by Gasteiger charge is 2.16. The molecule has 0 fully saturated rings. The first-order valence-corrected chi connectivity index (χ1v) is 4.48. The summed E-state index contributed by atoms with van der Waals surface area (Å²) in [5.74, 6) is -1.85. The molecule has 0 amide bonds. The normalized spacial score (nSPS) is 9.64. The van der Waals surface area contributed by atoms with Crippen molar-refractivity contribution in [2.24, 2.45) is 0 Å². The molecule has 0 saturated heterocycles. The maximum Gasteiger partial charge on any atom is 0.176 e. The van der Waals surface area contributed by atoms with E-state index in [1.165, 1.54) is 7.11 Å². The maximum atomic E-state index is 13.0. The fraction of sp³-hybridized carbons (Fsp3) is 0.222. The number of rotatable bonds is 2. The van der Waals surface area contributed by atoms with Crippen LogP contribution in [-0.4, -0.2) is 7.11 Å². The molecule has 0 spiro atoms. The van der Waals surface area contributed by atoms with Gasteiger partial charge in [-0.15, -0.1) is 0 Å². The Balaban J connectivity index is 3.37. The van der Waals surface area contributed by atoms with Crippen molar-refractivity contribution in [3.8, 4) is 11.8 Å². The second-order valence-electron chi connectivity index (χ2n) is 2.51. The van der Waals surface area contributed by atoms with E-state index in [0.29, 0.717) is 5.56 Å². The minimum atomic E-state index is -1.01. The standard InChI is InChI=1S/C9H6BrF2NO/c1-14-9-5(2-3-13)4-6(11)8(12)7(9)10/h4H,2H2,1H3. The number of hydrogen-bond donors (Lipinski definition) is 0. The van der Waals surface area contributed by atoms with Crippen molar-refractivity contribution in [2.75, 3.05) is 7.11 Å². The number of ether oxygens (including phenoxy) is 1. The van der Waals surface area contributed by atoms with Crippen LogP contribution < -0.4 is 4.74 Å². The van der Waals surface area contributed by atoms with Crippen molar-refractivity contribution in [1.29, 1.82) is 5.26 Å². The fourth-order valence-corrected chi connectivity index (χ4v) is 1.67. The van der Waals surface area contributed by atoms with Crippen molar-refractivity contribution in [3.63, 3.8) is 0 Å². The molecule has 0 aliphatic heterocycles. The van der Waals surface area contributed by atoms with Gasteiger partial charge in [0.15, 0.2) is 11.6 Å². The molecular weight excluding hydrogens is 256 g/mol. The Bertz CT molecular complexity index is 401. The minimum absolute atomic E-state index is 0.0288. The molecule has 0 saturated carbocycles. The van der Waals surface area contributed by atoms with Gasteiger partial charge in [-0.05, 0) is 22.0 Å². The molecule has 0 heterocycles. The zero-order valence-electron chi connectivity index (χ0n) is 7.27. The van der Waals surface area contributed by atoms with Gasteiger partial charge < -0.3 is 4.74 Å². The van der Waals surface area contributed by atoms with E-state index >= 15 is 0 Å². The zero-order chi connectivity index (χ0) is 10.7. The Kier molecular flexibility index (Phi) is 3.42. The summed E-state index contributed by atoms with van der Waals surface area (Å²) in [5.41, 5.74) is 0.320. The van der Waals surface area contributed by atoms with Crippen LogP contribution in [0.1, 0.15) is 5.56 Å². The zero-order valence-corrected chi connectivity index (χ0v) is 8.86. The molecule has 0 bridgehead atoms. The molecule has 0 aliphatic carbocycles. The quantitative estimate of drug-likeness (QED) is 0.768. The Morgan fingerprint density at radius 1 is 1.57 bits per heavy atom. The Hall–Kier alpha value is -1.15. The molecule has 1 aromatic carbocycles. The number of nitrogens with zero attached hydrogens (tertiary/aromatic N) is 1. The molecule has 74 valence electrons. The van der Waals surface area contributed by atoms with E-state index < -0.39 is 11.6 Å². The number of methoxy groups -OCH3 is 1. The maximum absolute atomic E-state index is 13.0. The van der Waals surface area contributed by atoms with Crippen molar-refractivity contribution in [3.05, 3.63) is 27.7 Å². The minimum Gasteiger partial charge on any atom is -0.495 e. The van der Waals surface area contributed by atoms with Crippen LogP contribution in [0.5, 0.6) is 5.75 Å². The van der Waals surface area contributed by atoms with Crippen LogP contribution in [0.2, 0.25) is 0 Å². The van der Waals surface area contributed by atoms with Gasteiger partial charge in [0.2, 0.25) is 0 Å². The summed E-state index contributed by atoms with van der Waals surface area (Å²) in [5, 5.41) is 8.45. The molecule has 5 heteroatoms. The predicted octanol–water partition coefficient (Wildman–Crippen LogP) is 2.80. The lowest BCUT2D eigenvalue weighted by Crippen LogP contribution is -1.97. The Morgan fingerprint density at radius 3 is 2.71 bits per heavy atom. The van der Waals surface area contributed by atoms with Gasteiger partial charge in [-0.3, -0.25) is 0 Å². The van der Waals surface area contributed by atoms with Gasteiger partial charge in [-0.2, -0.15) is 5.26 Å². The highest BCUT2D eigenvalue weighted by atomic mass is 79.9. The molecule has 0 radical (unpaired) electrons. The smallest absolute Gasteiger partial charge is 0.176 e.